The van der Waals surface area contributed by atoms with Gasteiger partial charge in [0.05, 0.1) is 5.69 Å². The lowest BCUT2D eigenvalue weighted by atomic mass is 9.78. The second kappa shape index (κ2) is 3.94. The summed E-state index contributed by atoms with van der Waals surface area (Å²) in [4.78, 5) is 0. The summed E-state index contributed by atoms with van der Waals surface area (Å²) in [6.45, 7) is 5.60. The average molecular weight is 209 g/mol. The first kappa shape index (κ1) is 10.6. The molecule has 1 saturated carbocycles. The Labute approximate surface area is 90.2 Å². The summed E-state index contributed by atoms with van der Waals surface area (Å²) in [7, 11) is 0. The molecule has 0 spiro atoms. The normalized spacial score (nSPS) is 18.9. The quantitative estimate of drug-likeness (QED) is 0.783. The Kier molecular flexibility index (Phi) is 2.80. The van der Waals surface area contributed by atoms with E-state index in [4.69, 9.17) is 10.3 Å². The molecular weight excluding hydrogens is 190 g/mol. The maximum atomic E-state index is 6.12. The lowest BCUT2D eigenvalue weighted by molar-refractivity contribution is 0.238. The predicted octanol–water partition coefficient (Wildman–Crippen LogP) is 1.26. The van der Waals surface area contributed by atoms with Gasteiger partial charge in [0.1, 0.15) is 5.76 Å². The summed E-state index contributed by atoms with van der Waals surface area (Å²) in [6, 6.07) is 0. The highest BCUT2D eigenvalue weighted by Crippen LogP contribution is 2.28. The van der Waals surface area contributed by atoms with Crippen LogP contribution >= 0.6 is 0 Å². The molecule has 3 N–H and O–H groups in total. The van der Waals surface area contributed by atoms with Crippen molar-refractivity contribution >= 4 is 0 Å². The van der Waals surface area contributed by atoms with Crippen LogP contribution in [0.1, 0.15) is 36.3 Å². The van der Waals surface area contributed by atoms with Gasteiger partial charge in [-0.25, -0.2) is 0 Å². The highest BCUT2D eigenvalue weighted by molar-refractivity contribution is 5.20. The van der Waals surface area contributed by atoms with E-state index in [9.17, 15) is 0 Å². The molecule has 0 atom stereocenters. The van der Waals surface area contributed by atoms with E-state index in [-0.39, 0.29) is 5.54 Å². The molecule has 0 amide bonds. The number of hydrogen-bond donors (Lipinski definition) is 2. The van der Waals surface area contributed by atoms with E-state index in [1.165, 1.54) is 6.42 Å². The minimum absolute atomic E-state index is 0.0406. The van der Waals surface area contributed by atoms with Crippen LogP contribution in [0.3, 0.4) is 0 Å². The molecule has 2 rings (SSSR count). The lowest BCUT2D eigenvalue weighted by Crippen LogP contribution is -2.53. The Bertz CT molecular complexity index is 322. The number of aryl methyl sites for hydroxylation is 2. The highest BCUT2D eigenvalue weighted by Gasteiger charge is 2.31. The number of hydrogen-bond acceptors (Lipinski definition) is 4. The molecule has 0 unspecified atom stereocenters. The predicted molar refractivity (Wildman–Crippen MR) is 58.5 cm³/mol. The van der Waals surface area contributed by atoms with E-state index in [0.29, 0.717) is 0 Å². The first-order valence-electron chi connectivity index (χ1n) is 5.52. The Hall–Kier alpha value is -0.870. The van der Waals surface area contributed by atoms with Gasteiger partial charge < -0.3 is 15.6 Å². The zero-order chi connectivity index (χ0) is 10.9. The molecule has 0 bridgehead atoms. The maximum absolute atomic E-state index is 6.12. The van der Waals surface area contributed by atoms with Crippen molar-refractivity contribution in [2.24, 2.45) is 5.73 Å². The van der Waals surface area contributed by atoms with Gasteiger partial charge in [-0.1, -0.05) is 5.16 Å². The molecule has 1 heterocycles. The average Bonchev–Trinajstić information content (AvgIpc) is 2.46. The highest BCUT2D eigenvalue weighted by atomic mass is 16.5. The van der Waals surface area contributed by atoms with Crippen molar-refractivity contribution in [1.82, 2.24) is 10.5 Å². The van der Waals surface area contributed by atoms with Crippen LogP contribution in [0, 0.1) is 13.8 Å². The molecule has 1 aliphatic rings. The third kappa shape index (κ3) is 2.21. The minimum Gasteiger partial charge on any atom is -0.361 e. The smallest absolute Gasteiger partial charge is 0.138 e. The van der Waals surface area contributed by atoms with Crippen molar-refractivity contribution in [3.63, 3.8) is 0 Å². The van der Waals surface area contributed by atoms with E-state index < -0.39 is 0 Å². The fourth-order valence-electron chi connectivity index (χ4n) is 2.00. The molecule has 1 fully saturated rings. The van der Waals surface area contributed by atoms with Crippen molar-refractivity contribution < 1.29 is 4.52 Å². The Balaban J connectivity index is 1.83. The van der Waals surface area contributed by atoms with Gasteiger partial charge in [0.2, 0.25) is 0 Å². The Morgan fingerprint density at radius 1 is 1.47 bits per heavy atom. The van der Waals surface area contributed by atoms with Crippen molar-refractivity contribution in [2.75, 3.05) is 6.54 Å². The molecule has 0 aliphatic heterocycles. The standard InChI is InChI=1S/C11H19N3O/c1-8-10(9(2)15-14-8)6-13-7-11(12)4-3-5-11/h13H,3-7,12H2,1-2H3. The zero-order valence-corrected chi connectivity index (χ0v) is 9.47. The van der Waals surface area contributed by atoms with Gasteiger partial charge in [-0.05, 0) is 33.1 Å². The molecule has 0 aromatic carbocycles. The van der Waals surface area contributed by atoms with Crippen LogP contribution in [0.4, 0.5) is 0 Å². The molecule has 4 nitrogen and oxygen atoms in total. The van der Waals surface area contributed by atoms with Gasteiger partial charge in [-0.2, -0.15) is 0 Å². The lowest BCUT2D eigenvalue weighted by Gasteiger charge is -2.38. The molecule has 4 heteroatoms. The molecular formula is C11H19N3O. The summed E-state index contributed by atoms with van der Waals surface area (Å²) in [5.41, 5.74) is 8.29. The Morgan fingerprint density at radius 2 is 2.20 bits per heavy atom. The molecule has 15 heavy (non-hydrogen) atoms. The van der Waals surface area contributed by atoms with Crippen LogP contribution < -0.4 is 11.1 Å². The second-order valence-corrected chi connectivity index (χ2v) is 4.62. The van der Waals surface area contributed by atoms with Gasteiger partial charge in [-0.15, -0.1) is 0 Å². The SMILES string of the molecule is Cc1noc(C)c1CNCC1(N)CCC1. The molecule has 1 aromatic rings. The first-order chi connectivity index (χ1) is 7.11. The molecule has 1 aliphatic carbocycles. The number of aromatic nitrogens is 1. The van der Waals surface area contributed by atoms with Gasteiger partial charge in [0, 0.05) is 24.2 Å². The minimum atomic E-state index is 0.0406. The van der Waals surface area contributed by atoms with E-state index >= 15 is 0 Å². The first-order valence-corrected chi connectivity index (χ1v) is 5.52. The van der Waals surface area contributed by atoms with E-state index in [1.54, 1.807) is 0 Å². The van der Waals surface area contributed by atoms with Gasteiger partial charge in [0.25, 0.3) is 0 Å². The molecule has 0 saturated heterocycles. The third-order valence-corrected chi connectivity index (χ3v) is 3.31. The topological polar surface area (TPSA) is 64.1 Å². The number of nitrogens with zero attached hydrogens (tertiary/aromatic N) is 1. The largest absolute Gasteiger partial charge is 0.361 e. The number of rotatable bonds is 4. The van der Waals surface area contributed by atoms with Crippen LogP contribution in [0.15, 0.2) is 4.52 Å². The molecule has 1 aromatic heterocycles. The summed E-state index contributed by atoms with van der Waals surface area (Å²) in [6.07, 6.45) is 3.55. The van der Waals surface area contributed by atoms with E-state index in [0.717, 1.165) is 42.9 Å². The number of nitrogens with one attached hydrogen (secondary N) is 1. The number of nitrogens with two attached hydrogens (primary N) is 1. The van der Waals surface area contributed by atoms with Gasteiger partial charge >= 0.3 is 0 Å². The maximum Gasteiger partial charge on any atom is 0.138 e. The summed E-state index contributed by atoms with van der Waals surface area (Å²) in [5.74, 6) is 0.902. The fraction of sp³-hybridized carbons (Fsp3) is 0.727. The van der Waals surface area contributed by atoms with Crippen LogP contribution in [0.2, 0.25) is 0 Å². The van der Waals surface area contributed by atoms with Crippen molar-refractivity contribution in [2.45, 2.75) is 45.2 Å². The van der Waals surface area contributed by atoms with Gasteiger partial charge in [-0.3, -0.25) is 0 Å². The van der Waals surface area contributed by atoms with Crippen LogP contribution in [-0.4, -0.2) is 17.2 Å². The van der Waals surface area contributed by atoms with Crippen molar-refractivity contribution in [1.29, 1.82) is 0 Å². The second-order valence-electron chi connectivity index (χ2n) is 4.62. The van der Waals surface area contributed by atoms with Crippen molar-refractivity contribution in [3.05, 3.63) is 17.0 Å². The van der Waals surface area contributed by atoms with E-state index in [2.05, 4.69) is 10.5 Å². The summed E-state index contributed by atoms with van der Waals surface area (Å²) >= 11 is 0. The monoisotopic (exact) mass is 209 g/mol. The molecule has 0 radical (unpaired) electrons. The van der Waals surface area contributed by atoms with Crippen LogP contribution in [-0.2, 0) is 6.54 Å². The van der Waals surface area contributed by atoms with Gasteiger partial charge in [0.15, 0.2) is 0 Å². The Morgan fingerprint density at radius 3 is 2.67 bits per heavy atom. The molecule has 84 valence electrons. The fourth-order valence-corrected chi connectivity index (χ4v) is 2.00. The van der Waals surface area contributed by atoms with Crippen LogP contribution in [0.25, 0.3) is 0 Å². The van der Waals surface area contributed by atoms with E-state index in [1.807, 2.05) is 13.8 Å². The third-order valence-electron chi connectivity index (χ3n) is 3.31. The van der Waals surface area contributed by atoms with Crippen molar-refractivity contribution in [3.8, 4) is 0 Å². The summed E-state index contributed by atoms with van der Waals surface area (Å²) < 4.78 is 5.10. The zero-order valence-electron chi connectivity index (χ0n) is 9.47. The summed E-state index contributed by atoms with van der Waals surface area (Å²) in [5, 5.41) is 7.31. The van der Waals surface area contributed by atoms with Crippen LogP contribution in [0.5, 0.6) is 0 Å².